The number of halogens is 1. The maximum Gasteiger partial charge on any atom is 0.0360 e. The van der Waals surface area contributed by atoms with Gasteiger partial charge < -0.3 is 9.88 Å². The molecule has 0 amide bonds. The van der Waals surface area contributed by atoms with Gasteiger partial charge in [0.25, 0.3) is 0 Å². The lowest BCUT2D eigenvalue weighted by Crippen LogP contribution is -2.27. The molecular weight excluding hydrogens is 239 g/mol. The lowest BCUT2D eigenvalue weighted by Gasteiger charge is -2.15. The van der Waals surface area contributed by atoms with Gasteiger partial charge in [0.15, 0.2) is 0 Å². The standard InChI is InChI=1S/C7H9IN2/c8-6-3-7-4-9-1-2-10(7)5-6/h3,5,9H,1-2,4H2. The van der Waals surface area contributed by atoms with Crippen molar-refractivity contribution in [1.29, 1.82) is 0 Å². The Morgan fingerprint density at radius 2 is 2.50 bits per heavy atom. The van der Waals surface area contributed by atoms with Crippen molar-refractivity contribution in [3.8, 4) is 0 Å². The van der Waals surface area contributed by atoms with E-state index in [1.165, 1.54) is 9.26 Å². The molecule has 0 unspecified atom stereocenters. The van der Waals surface area contributed by atoms with Crippen molar-refractivity contribution in [1.82, 2.24) is 9.88 Å². The van der Waals surface area contributed by atoms with Crippen LogP contribution >= 0.6 is 22.6 Å². The van der Waals surface area contributed by atoms with E-state index in [-0.39, 0.29) is 0 Å². The van der Waals surface area contributed by atoms with Gasteiger partial charge in [-0.2, -0.15) is 0 Å². The summed E-state index contributed by atoms with van der Waals surface area (Å²) >= 11 is 2.35. The number of rotatable bonds is 0. The van der Waals surface area contributed by atoms with E-state index in [0.29, 0.717) is 0 Å². The molecule has 1 aromatic heterocycles. The smallest absolute Gasteiger partial charge is 0.0360 e. The molecule has 1 aromatic rings. The lowest BCUT2D eigenvalue weighted by atomic mass is 10.3. The molecule has 1 aliphatic heterocycles. The van der Waals surface area contributed by atoms with Gasteiger partial charge >= 0.3 is 0 Å². The van der Waals surface area contributed by atoms with Crippen molar-refractivity contribution in [2.45, 2.75) is 13.1 Å². The van der Waals surface area contributed by atoms with Crippen molar-refractivity contribution in [2.24, 2.45) is 0 Å². The van der Waals surface area contributed by atoms with Crippen LogP contribution in [0.4, 0.5) is 0 Å². The molecule has 0 radical (unpaired) electrons. The van der Waals surface area contributed by atoms with Crippen LogP contribution in [0, 0.1) is 3.57 Å². The van der Waals surface area contributed by atoms with E-state index < -0.39 is 0 Å². The van der Waals surface area contributed by atoms with Gasteiger partial charge in [-0.15, -0.1) is 0 Å². The van der Waals surface area contributed by atoms with Crippen molar-refractivity contribution < 1.29 is 0 Å². The molecule has 0 bridgehead atoms. The molecule has 0 saturated heterocycles. The van der Waals surface area contributed by atoms with Crippen molar-refractivity contribution >= 4 is 22.6 Å². The van der Waals surface area contributed by atoms with E-state index in [0.717, 1.165) is 19.6 Å². The average molecular weight is 248 g/mol. The first kappa shape index (κ1) is 6.67. The highest BCUT2D eigenvalue weighted by Gasteiger charge is 2.07. The Kier molecular flexibility index (Phi) is 1.69. The summed E-state index contributed by atoms with van der Waals surface area (Å²) in [6.45, 7) is 3.26. The molecule has 1 N–H and O–H groups in total. The van der Waals surface area contributed by atoms with Gasteiger partial charge in [-0.05, 0) is 28.7 Å². The van der Waals surface area contributed by atoms with Gasteiger partial charge in [0.2, 0.25) is 0 Å². The highest BCUT2D eigenvalue weighted by atomic mass is 127. The van der Waals surface area contributed by atoms with Crippen molar-refractivity contribution in [2.75, 3.05) is 6.54 Å². The number of nitrogens with zero attached hydrogens (tertiary/aromatic N) is 1. The van der Waals surface area contributed by atoms with E-state index in [2.05, 4.69) is 44.7 Å². The van der Waals surface area contributed by atoms with Crippen LogP contribution in [0.1, 0.15) is 5.69 Å². The Hall–Kier alpha value is -0.0300. The van der Waals surface area contributed by atoms with Crippen molar-refractivity contribution in [3.63, 3.8) is 0 Å². The van der Waals surface area contributed by atoms with Crippen LogP contribution in [-0.4, -0.2) is 11.1 Å². The summed E-state index contributed by atoms with van der Waals surface area (Å²) in [6, 6.07) is 2.23. The third kappa shape index (κ3) is 1.08. The number of hydrogen-bond donors (Lipinski definition) is 1. The molecule has 0 atom stereocenters. The fourth-order valence-corrected chi connectivity index (χ4v) is 1.98. The summed E-state index contributed by atoms with van der Waals surface area (Å²) in [5.41, 5.74) is 1.41. The fraction of sp³-hybridized carbons (Fsp3) is 0.429. The maximum absolute atomic E-state index is 3.33. The van der Waals surface area contributed by atoms with E-state index in [1.807, 2.05) is 0 Å². The average Bonchev–Trinajstić information content (AvgIpc) is 2.27. The molecule has 54 valence electrons. The normalized spacial score (nSPS) is 16.9. The molecule has 0 aromatic carbocycles. The molecule has 0 aliphatic carbocycles. The van der Waals surface area contributed by atoms with Crippen LogP contribution in [0.15, 0.2) is 12.3 Å². The predicted octanol–water partition coefficient (Wildman–Crippen LogP) is 1.20. The first-order valence-corrected chi connectivity index (χ1v) is 4.49. The Morgan fingerprint density at radius 3 is 3.30 bits per heavy atom. The largest absolute Gasteiger partial charge is 0.348 e. The molecule has 0 fully saturated rings. The molecule has 0 spiro atoms. The van der Waals surface area contributed by atoms with Crippen LogP contribution in [0.3, 0.4) is 0 Å². The summed E-state index contributed by atoms with van der Waals surface area (Å²) in [4.78, 5) is 0. The van der Waals surface area contributed by atoms with Crippen molar-refractivity contribution in [3.05, 3.63) is 21.5 Å². The van der Waals surface area contributed by atoms with Gasteiger partial charge in [0.05, 0.1) is 0 Å². The molecule has 1 aliphatic rings. The minimum Gasteiger partial charge on any atom is -0.348 e. The monoisotopic (exact) mass is 248 g/mol. The summed E-state index contributed by atoms with van der Waals surface area (Å²) in [7, 11) is 0. The predicted molar refractivity (Wildman–Crippen MR) is 48.9 cm³/mol. The number of aromatic nitrogens is 1. The Labute approximate surface area is 73.8 Å². The lowest BCUT2D eigenvalue weighted by molar-refractivity contribution is 0.516. The molecule has 2 heterocycles. The Balaban J connectivity index is 2.41. The highest BCUT2D eigenvalue weighted by Crippen LogP contribution is 2.12. The minimum absolute atomic E-state index is 1.03. The Bertz CT molecular complexity index is 218. The number of hydrogen-bond acceptors (Lipinski definition) is 1. The zero-order chi connectivity index (χ0) is 6.97. The van der Waals surface area contributed by atoms with Crippen LogP contribution in [-0.2, 0) is 13.1 Å². The SMILES string of the molecule is Ic1cc2n(c1)CCNC2. The van der Waals surface area contributed by atoms with E-state index >= 15 is 0 Å². The second-order valence-corrected chi connectivity index (χ2v) is 3.77. The third-order valence-electron chi connectivity index (χ3n) is 1.79. The van der Waals surface area contributed by atoms with Gasteiger partial charge in [-0.3, -0.25) is 0 Å². The second kappa shape index (κ2) is 2.54. The molecule has 3 heteroatoms. The summed E-state index contributed by atoms with van der Waals surface area (Å²) in [6.07, 6.45) is 2.21. The second-order valence-electron chi connectivity index (χ2n) is 2.52. The van der Waals surface area contributed by atoms with E-state index in [4.69, 9.17) is 0 Å². The molecule has 0 saturated carbocycles. The van der Waals surface area contributed by atoms with Crippen LogP contribution in [0.5, 0.6) is 0 Å². The molecular formula is C7H9IN2. The van der Waals surface area contributed by atoms with E-state index in [9.17, 15) is 0 Å². The first-order chi connectivity index (χ1) is 4.86. The quantitative estimate of drug-likeness (QED) is 0.682. The van der Waals surface area contributed by atoms with Gasteiger partial charge in [0, 0.05) is 35.1 Å². The van der Waals surface area contributed by atoms with Crippen LogP contribution < -0.4 is 5.32 Å². The third-order valence-corrected chi connectivity index (χ3v) is 2.38. The van der Waals surface area contributed by atoms with E-state index in [1.54, 1.807) is 0 Å². The first-order valence-electron chi connectivity index (χ1n) is 3.41. The number of nitrogens with one attached hydrogen (secondary N) is 1. The fourth-order valence-electron chi connectivity index (χ4n) is 1.29. The molecule has 2 nitrogen and oxygen atoms in total. The summed E-state index contributed by atoms with van der Waals surface area (Å²) in [5, 5.41) is 3.33. The van der Waals surface area contributed by atoms with Crippen LogP contribution in [0.25, 0.3) is 0 Å². The zero-order valence-electron chi connectivity index (χ0n) is 5.60. The maximum atomic E-state index is 3.33. The van der Waals surface area contributed by atoms with Gasteiger partial charge in [-0.25, -0.2) is 0 Å². The summed E-state index contributed by atoms with van der Waals surface area (Å²) < 4.78 is 3.66. The molecule has 2 rings (SSSR count). The van der Waals surface area contributed by atoms with Gasteiger partial charge in [0.1, 0.15) is 0 Å². The van der Waals surface area contributed by atoms with Gasteiger partial charge in [-0.1, -0.05) is 0 Å². The highest BCUT2D eigenvalue weighted by molar-refractivity contribution is 14.1. The number of fused-ring (bicyclic) bond motifs is 1. The van der Waals surface area contributed by atoms with Crippen LogP contribution in [0.2, 0.25) is 0 Å². The zero-order valence-corrected chi connectivity index (χ0v) is 7.76. The topological polar surface area (TPSA) is 17.0 Å². The molecule has 10 heavy (non-hydrogen) atoms. The summed E-state index contributed by atoms with van der Waals surface area (Å²) in [5.74, 6) is 0. The minimum atomic E-state index is 1.03. The Morgan fingerprint density at radius 1 is 1.60 bits per heavy atom.